The van der Waals surface area contributed by atoms with Gasteiger partial charge in [-0.3, -0.25) is 13.7 Å². The lowest BCUT2D eigenvalue weighted by atomic mass is 9.96. The van der Waals surface area contributed by atoms with E-state index in [-0.39, 0.29) is 44.3 Å². The Morgan fingerprint density at radius 1 is 1.26 bits per heavy atom. The van der Waals surface area contributed by atoms with Gasteiger partial charge in [0.15, 0.2) is 25.4 Å². The third-order valence-electron chi connectivity index (χ3n) is 5.38. The fourth-order valence-electron chi connectivity index (χ4n) is 4.00. The van der Waals surface area contributed by atoms with Gasteiger partial charge in [0.25, 0.3) is 0 Å². The van der Waals surface area contributed by atoms with Gasteiger partial charge in [0.1, 0.15) is 30.2 Å². The average molecular weight is 566 g/mol. The highest BCUT2D eigenvalue weighted by molar-refractivity contribution is 8.03. The van der Waals surface area contributed by atoms with E-state index >= 15 is 0 Å². The molecule has 3 rings (SSSR count). The molecular weight excluding hydrogens is 542 g/mol. The molecule has 0 N–H and O–H groups in total. The number of ether oxygens (including phenoxy) is 3. The number of hydrogen-bond acceptors (Lipinski definition) is 10. The molecule has 9 nitrogen and oxygen atoms in total. The zero-order valence-corrected chi connectivity index (χ0v) is 23.5. The minimum atomic E-state index is -1.14. The zero-order valence-electron chi connectivity index (χ0n) is 16.5. The second-order valence-electron chi connectivity index (χ2n) is 7.28. The SMILES string of the molecule is CC1OC(COP)C(OP)C2=C1SC[C@]1(CC(P=O)C(OP)[C@H]([C@@H](CP=O)P=O)O1)O2. The van der Waals surface area contributed by atoms with Crippen LogP contribution in [0.5, 0.6) is 0 Å². The normalized spacial score (nSPS) is 39.6. The molecule has 3 aliphatic rings. The number of hydrogen-bond donors (Lipinski definition) is 0. The molecule has 0 aromatic carbocycles. The second kappa shape index (κ2) is 12.3. The van der Waals surface area contributed by atoms with E-state index in [9.17, 15) is 13.7 Å². The average Bonchev–Trinajstić information content (AvgIpc) is 2.77. The van der Waals surface area contributed by atoms with Crippen LogP contribution in [0.1, 0.15) is 13.3 Å². The molecule has 174 valence electrons. The van der Waals surface area contributed by atoms with E-state index in [1.807, 2.05) is 6.92 Å². The van der Waals surface area contributed by atoms with Crippen LogP contribution in [-0.4, -0.2) is 66.1 Å². The summed E-state index contributed by atoms with van der Waals surface area (Å²) >= 11 is 1.53. The topological polar surface area (TPSA) is 107 Å². The van der Waals surface area contributed by atoms with E-state index in [0.717, 1.165) is 4.91 Å². The lowest BCUT2D eigenvalue weighted by Crippen LogP contribution is -2.60. The van der Waals surface area contributed by atoms with Gasteiger partial charge in [-0.1, -0.05) is 0 Å². The van der Waals surface area contributed by atoms with E-state index in [2.05, 4.69) is 28.4 Å². The third kappa shape index (κ3) is 5.75. The van der Waals surface area contributed by atoms with E-state index in [0.29, 0.717) is 17.9 Å². The molecule has 1 fully saturated rings. The van der Waals surface area contributed by atoms with E-state index in [1.165, 1.54) is 11.8 Å². The Balaban J connectivity index is 1.95. The fraction of sp³-hybridized carbons (Fsp3) is 0.867. The molecule has 0 bridgehead atoms. The minimum Gasteiger partial charge on any atom is -0.462 e. The minimum absolute atomic E-state index is 0.107. The molecule has 0 saturated carbocycles. The highest BCUT2D eigenvalue weighted by Gasteiger charge is 2.56. The van der Waals surface area contributed by atoms with Crippen molar-refractivity contribution in [2.24, 2.45) is 0 Å². The quantitative estimate of drug-likeness (QED) is 0.381. The smallest absolute Gasteiger partial charge is 0.221 e. The Labute approximate surface area is 197 Å². The molecule has 1 spiro atoms. The molecule has 0 radical (unpaired) electrons. The molecule has 16 heteroatoms. The predicted molar refractivity (Wildman–Crippen MR) is 127 cm³/mol. The van der Waals surface area contributed by atoms with Crippen LogP contribution in [-0.2, 0) is 41.5 Å². The van der Waals surface area contributed by atoms with E-state index in [4.69, 9.17) is 27.8 Å². The monoisotopic (exact) mass is 566 g/mol. The molecule has 0 aromatic rings. The van der Waals surface area contributed by atoms with Crippen molar-refractivity contribution >= 4 is 65.5 Å². The van der Waals surface area contributed by atoms with Crippen LogP contribution in [0, 0.1) is 0 Å². The standard InChI is InChI=1S/C15H24O9P6S/c1-6-14-13(10(23-26)7(20-6)3-19-25)22-15(5-31-14)2-8(29-17)12(24-27)11(21-15)9(30-18)4-28-16/h6-12H,2-5,25-27H2,1H3/t6?,7?,8?,9-,10?,11+,12?,15+/m1/s1. The summed E-state index contributed by atoms with van der Waals surface area (Å²) in [6.07, 6.45) is -2.12. The van der Waals surface area contributed by atoms with Gasteiger partial charge in [-0.25, -0.2) is 0 Å². The van der Waals surface area contributed by atoms with Gasteiger partial charge in [-0.05, 0) is 6.92 Å². The highest BCUT2D eigenvalue weighted by Crippen LogP contribution is 2.50. The van der Waals surface area contributed by atoms with Crippen LogP contribution in [0.3, 0.4) is 0 Å². The summed E-state index contributed by atoms with van der Waals surface area (Å²) in [7, 11) is 6.05. The first-order chi connectivity index (χ1) is 15.0. The summed E-state index contributed by atoms with van der Waals surface area (Å²) in [5.41, 5.74) is -1.08. The number of thioether (sulfide) groups is 1. The molecule has 31 heavy (non-hydrogen) atoms. The Kier molecular flexibility index (Phi) is 10.7. The zero-order chi connectivity index (χ0) is 22.6. The van der Waals surface area contributed by atoms with Gasteiger partial charge in [0.2, 0.25) is 5.79 Å². The fourth-order valence-corrected chi connectivity index (χ4v) is 8.07. The van der Waals surface area contributed by atoms with Crippen molar-refractivity contribution in [2.75, 3.05) is 18.5 Å². The van der Waals surface area contributed by atoms with Gasteiger partial charge >= 0.3 is 0 Å². The van der Waals surface area contributed by atoms with Gasteiger partial charge in [0.05, 0.1) is 34.7 Å². The molecular formula is C15H24O9P6S. The molecule has 8 unspecified atom stereocenters. The lowest BCUT2D eigenvalue weighted by molar-refractivity contribution is -0.274. The summed E-state index contributed by atoms with van der Waals surface area (Å²) in [6.45, 7) is 2.21. The maximum absolute atomic E-state index is 12.0. The Morgan fingerprint density at radius 3 is 2.61 bits per heavy atom. The van der Waals surface area contributed by atoms with Crippen molar-refractivity contribution in [1.82, 2.24) is 0 Å². The van der Waals surface area contributed by atoms with E-state index < -0.39 is 41.5 Å². The van der Waals surface area contributed by atoms with Crippen LogP contribution in [0.15, 0.2) is 10.7 Å². The Bertz CT molecular complexity index is 716. The molecule has 3 heterocycles. The summed E-state index contributed by atoms with van der Waals surface area (Å²) in [5, 5.41) is 0. The molecule has 0 aliphatic carbocycles. The maximum atomic E-state index is 12.0. The van der Waals surface area contributed by atoms with Crippen LogP contribution < -0.4 is 0 Å². The lowest BCUT2D eigenvalue weighted by Gasteiger charge is -2.51. The van der Waals surface area contributed by atoms with Crippen LogP contribution in [0.2, 0.25) is 0 Å². The largest absolute Gasteiger partial charge is 0.462 e. The summed E-state index contributed by atoms with van der Waals surface area (Å²) < 4.78 is 70.2. The number of rotatable bonds is 9. The van der Waals surface area contributed by atoms with E-state index in [1.54, 1.807) is 0 Å². The first kappa shape index (κ1) is 26.9. The van der Waals surface area contributed by atoms with Gasteiger partial charge < -0.3 is 27.8 Å². The Morgan fingerprint density at radius 2 is 2.03 bits per heavy atom. The Hall–Kier alpha value is 1.28. The summed E-state index contributed by atoms with van der Waals surface area (Å²) in [5.74, 6) is -0.137. The van der Waals surface area contributed by atoms with Crippen LogP contribution >= 0.6 is 65.5 Å². The highest BCUT2D eigenvalue weighted by atomic mass is 32.2. The van der Waals surface area contributed by atoms with Crippen molar-refractivity contribution in [1.29, 1.82) is 0 Å². The molecule has 0 amide bonds. The third-order valence-corrected chi connectivity index (χ3v) is 9.93. The van der Waals surface area contributed by atoms with Crippen molar-refractivity contribution in [3.8, 4) is 0 Å². The molecule has 0 aromatic heterocycles. The molecule has 3 aliphatic heterocycles. The molecule has 11 atom stereocenters. The first-order valence-corrected chi connectivity index (χ1v) is 14.5. The summed E-state index contributed by atoms with van der Waals surface area (Å²) in [4.78, 5) is 0.899. The predicted octanol–water partition coefficient (Wildman–Crippen LogP) is 4.00. The van der Waals surface area contributed by atoms with Gasteiger partial charge in [-0.2, -0.15) is 0 Å². The summed E-state index contributed by atoms with van der Waals surface area (Å²) in [6, 6.07) is 0. The van der Waals surface area contributed by atoms with Crippen molar-refractivity contribution < 1.29 is 41.5 Å². The van der Waals surface area contributed by atoms with Gasteiger partial charge in [-0.15, -0.1) is 11.8 Å². The molecule has 1 saturated heterocycles. The second-order valence-corrected chi connectivity index (χ2v) is 11.5. The van der Waals surface area contributed by atoms with Gasteiger partial charge in [0, 0.05) is 41.0 Å². The first-order valence-electron chi connectivity index (χ1n) is 9.33. The van der Waals surface area contributed by atoms with Crippen molar-refractivity contribution in [2.45, 2.75) is 61.0 Å². The van der Waals surface area contributed by atoms with Crippen LogP contribution in [0.25, 0.3) is 0 Å². The van der Waals surface area contributed by atoms with Crippen molar-refractivity contribution in [3.05, 3.63) is 10.7 Å². The maximum Gasteiger partial charge on any atom is 0.221 e. The van der Waals surface area contributed by atoms with Crippen molar-refractivity contribution in [3.63, 3.8) is 0 Å². The van der Waals surface area contributed by atoms with Crippen LogP contribution in [0.4, 0.5) is 0 Å².